The number of hydrogen-bond acceptors (Lipinski definition) is 5. The maximum absolute atomic E-state index is 12.1. The van der Waals surface area contributed by atoms with Gasteiger partial charge in [0.15, 0.2) is 5.13 Å². The highest BCUT2D eigenvalue weighted by Gasteiger charge is 2.20. The molecular weight excluding hydrogens is 302 g/mol. The predicted molar refractivity (Wildman–Crippen MR) is 86.2 cm³/mol. The Kier molecular flexibility index (Phi) is 5.48. The van der Waals surface area contributed by atoms with Crippen LogP contribution < -0.4 is 10.2 Å². The van der Waals surface area contributed by atoms with E-state index in [1.165, 1.54) is 11.3 Å². The molecule has 0 aliphatic rings. The van der Waals surface area contributed by atoms with Gasteiger partial charge in [0.05, 0.1) is 12.5 Å². The number of rotatable bonds is 7. The van der Waals surface area contributed by atoms with Crippen molar-refractivity contribution in [3.63, 3.8) is 0 Å². The van der Waals surface area contributed by atoms with Crippen molar-refractivity contribution in [3.8, 4) is 0 Å². The predicted octanol–water partition coefficient (Wildman–Crippen LogP) is 2.31. The molecule has 1 amide bonds. The van der Waals surface area contributed by atoms with Gasteiger partial charge in [0.1, 0.15) is 0 Å². The molecule has 0 fully saturated rings. The minimum absolute atomic E-state index is 0.0556. The van der Waals surface area contributed by atoms with Crippen LogP contribution in [0.4, 0.5) is 10.8 Å². The average molecular weight is 319 g/mol. The first-order valence-corrected chi connectivity index (χ1v) is 7.66. The van der Waals surface area contributed by atoms with Crippen molar-refractivity contribution in [3.05, 3.63) is 41.9 Å². The molecule has 0 radical (unpaired) electrons. The number of thiazole rings is 1. The fourth-order valence-electron chi connectivity index (χ4n) is 1.89. The maximum atomic E-state index is 12.1. The van der Waals surface area contributed by atoms with Gasteiger partial charge in [0.2, 0.25) is 5.91 Å². The van der Waals surface area contributed by atoms with Gasteiger partial charge >= 0.3 is 5.97 Å². The summed E-state index contributed by atoms with van der Waals surface area (Å²) in [5.41, 5.74) is 0.706. The van der Waals surface area contributed by atoms with Crippen molar-refractivity contribution in [1.29, 1.82) is 0 Å². The van der Waals surface area contributed by atoms with Crippen LogP contribution >= 0.6 is 11.3 Å². The Bertz CT molecular complexity index is 616. The van der Waals surface area contributed by atoms with E-state index < -0.39 is 11.9 Å². The van der Waals surface area contributed by atoms with Gasteiger partial charge in [0, 0.05) is 23.8 Å². The number of aliphatic carboxylic acids is 1. The van der Waals surface area contributed by atoms with E-state index in [0.717, 1.165) is 0 Å². The van der Waals surface area contributed by atoms with Crippen LogP contribution in [0.25, 0.3) is 0 Å². The van der Waals surface area contributed by atoms with Gasteiger partial charge in [-0.2, -0.15) is 0 Å². The summed E-state index contributed by atoms with van der Waals surface area (Å²) in [6.07, 6.45) is 1.63. The van der Waals surface area contributed by atoms with Crippen LogP contribution in [0.2, 0.25) is 0 Å². The highest BCUT2D eigenvalue weighted by Crippen LogP contribution is 2.19. The molecule has 0 saturated heterocycles. The lowest BCUT2D eigenvalue weighted by Gasteiger charge is -2.23. The molecule has 7 heteroatoms. The molecule has 6 nitrogen and oxygen atoms in total. The number of benzene rings is 1. The Balaban J connectivity index is 2.03. The number of anilines is 2. The van der Waals surface area contributed by atoms with Crippen LogP contribution in [0.3, 0.4) is 0 Å². The lowest BCUT2D eigenvalue weighted by Crippen LogP contribution is -2.38. The van der Waals surface area contributed by atoms with Crippen LogP contribution in [0.15, 0.2) is 41.9 Å². The Morgan fingerprint density at radius 3 is 2.68 bits per heavy atom. The van der Waals surface area contributed by atoms with Crippen LogP contribution in [0.1, 0.15) is 6.92 Å². The molecule has 1 atom stereocenters. The zero-order valence-electron chi connectivity index (χ0n) is 12.1. The Morgan fingerprint density at radius 1 is 1.36 bits per heavy atom. The number of nitrogens with zero attached hydrogens (tertiary/aromatic N) is 2. The van der Waals surface area contributed by atoms with Crippen molar-refractivity contribution in [2.24, 2.45) is 5.92 Å². The minimum Gasteiger partial charge on any atom is -0.481 e. The SMILES string of the molecule is CC(CN(CC(=O)Nc1ccccc1)c1nccs1)C(=O)O. The molecule has 2 rings (SSSR count). The van der Waals surface area contributed by atoms with Gasteiger partial charge in [-0.1, -0.05) is 25.1 Å². The molecule has 22 heavy (non-hydrogen) atoms. The van der Waals surface area contributed by atoms with Gasteiger partial charge < -0.3 is 15.3 Å². The summed E-state index contributed by atoms with van der Waals surface area (Å²) >= 11 is 1.37. The number of para-hydroxylation sites is 1. The molecule has 0 aliphatic heterocycles. The number of aromatic nitrogens is 1. The number of nitrogens with one attached hydrogen (secondary N) is 1. The van der Waals surface area contributed by atoms with Gasteiger partial charge in [-0.25, -0.2) is 4.98 Å². The number of carboxylic acid groups (broad SMARTS) is 1. The second kappa shape index (κ2) is 7.56. The largest absolute Gasteiger partial charge is 0.481 e. The third-order valence-electron chi connectivity index (χ3n) is 3.00. The zero-order valence-corrected chi connectivity index (χ0v) is 12.9. The Hall–Kier alpha value is -2.41. The lowest BCUT2D eigenvalue weighted by molar-refractivity contribution is -0.140. The molecule has 0 saturated carbocycles. The average Bonchev–Trinajstić information content (AvgIpc) is 3.01. The van der Waals surface area contributed by atoms with E-state index in [4.69, 9.17) is 5.11 Å². The van der Waals surface area contributed by atoms with Crippen LogP contribution in [0.5, 0.6) is 0 Å². The van der Waals surface area contributed by atoms with E-state index >= 15 is 0 Å². The molecule has 1 unspecified atom stereocenters. The number of hydrogen-bond donors (Lipinski definition) is 2. The minimum atomic E-state index is -0.898. The number of carbonyl (C=O) groups excluding carboxylic acids is 1. The summed E-state index contributed by atoms with van der Waals surface area (Å²) in [6.45, 7) is 1.89. The molecule has 0 aliphatic carbocycles. The second-order valence-corrected chi connectivity index (χ2v) is 5.72. The van der Waals surface area contributed by atoms with E-state index in [-0.39, 0.29) is 19.0 Å². The van der Waals surface area contributed by atoms with Crippen molar-refractivity contribution in [2.75, 3.05) is 23.3 Å². The molecule has 1 heterocycles. The smallest absolute Gasteiger partial charge is 0.308 e. The van der Waals surface area contributed by atoms with E-state index in [1.54, 1.807) is 35.5 Å². The summed E-state index contributed by atoms with van der Waals surface area (Å²) in [7, 11) is 0. The summed E-state index contributed by atoms with van der Waals surface area (Å²) in [5.74, 6) is -1.70. The van der Waals surface area contributed by atoms with Crippen molar-refractivity contribution < 1.29 is 14.7 Å². The highest BCUT2D eigenvalue weighted by atomic mass is 32.1. The Labute approximate surface area is 132 Å². The molecule has 1 aromatic heterocycles. The van der Waals surface area contributed by atoms with Crippen molar-refractivity contribution in [1.82, 2.24) is 4.98 Å². The van der Waals surface area contributed by atoms with Gasteiger partial charge in [-0.15, -0.1) is 11.3 Å². The fraction of sp³-hybridized carbons (Fsp3) is 0.267. The van der Waals surface area contributed by atoms with Crippen molar-refractivity contribution in [2.45, 2.75) is 6.92 Å². The van der Waals surface area contributed by atoms with E-state index in [2.05, 4.69) is 10.3 Å². The normalized spacial score (nSPS) is 11.7. The highest BCUT2D eigenvalue weighted by molar-refractivity contribution is 7.13. The maximum Gasteiger partial charge on any atom is 0.308 e. The summed E-state index contributed by atoms with van der Waals surface area (Å²) < 4.78 is 0. The van der Waals surface area contributed by atoms with Gasteiger partial charge in [-0.3, -0.25) is 9.59 Å². The molecule has 116 valence electrons. The first-order valence-electron chi connectivity index (χ1n) is 6.78. The number of amides is 1. The summed E-state index contributed by atoms with van der Waals surface area (Å²) in [4.78, 5) is 29.0. The quantitative estimate of drug-likeness (QED) is 0.818. The standard InChI is InChI=1S/C15H17N3O3S/c1-11(14(20)21)9-18(15-16-7-8-22-15)10-13(19)17-12-5-3-2-4-6-12/h2-8,11H,9-10H2,1H3,(H,17,19)(H,20,21). The first-order chi connectivity index (χ1) is 10.6. The summed E-state index contributed by atoms with van der Waals surface area (Å²) in [5, 5.41) is 14.3. The first kappa shape index (κ1) is 16.0. The number of carboxylic acids is 1. The third-order valence-corrected chi connectivity index (χ3v) is 3.83. The van der Waals surface area contributed by atoms with E-state index in [1.807, 2.05) is 18.2 Å². The fourth-order valence-corrected chi connectivity index (χ4v) is 2.54. The number of carbonyl (C=O) groups is 2. The second-order valence-electron chi connectivity index (χ2n) is 4.85. The molecule has 2 aromatic rings. The third kappa shape index (κ3) is 4.56. The Morgan fingerprint density at radius 2 is 2.09 bits per heavy atom. The lowest BCUT2D eigenvalue weighted by atomic mass is 10.2. The van der Waals surface area contributed by atoms with Gasteiger partial charge in [0.25, 0.3) is 0 Å². The molecule has 1 aromatic carbocycles. The van der Waals surface area contributed by atoms with Crippen LogP contribution in [-0.4, -0.2) is 35.1 Å². The van der Waals surface area contributed by atoms with Gasteiger partial charge in [-0.05, 0) is 12.1 Å². The van der Waals surface area contributed by atoms with Crippen LogP contribution in [0, 0.1) is 5.92 Å². The zero-order chi connectivity index (χ0) is 15.9. The molecule has 0 spiro atoms. The molecule has 2 N–H and O–H groups in total. The van der Waals surface area contributed by atoms with E-state index in [0.29, 0.717) is 10.8 Å². The topological polar surface area (TPSA) is 82.5 Å². The summed E-state index contributed by atoms with van der Waals surface area (Å²) in [6, 6.07) is 9.13. The molecule has 0 bridgehead atoms. The van der Waals surface area contributed by atoms with Crippen molar-refractivity contribution >= 4 is 34.0 Å². The molecular formula is C15H17N3O3S. The monoisotopic (exact) mass is 319 g/mol. The van der Waals surface area contributed by atoms with E-state index in [9.17, 15) is 9.59 Å². The van der Waals surface area contributed by atoms with Crippen LogP contribution in [-0.2, 0) is 9.59 Å².